The molecule has 0 radical (unpaired) electrons. The normalized spacial score (nSPS) is 11.6. The number of unbranched alkanes of at least 4 members (excludes halogenated alkanes) is 3. The van der Waals surface area contributed by atoms with Gasteiger partial charge in [0.15, 0.2) is 5.96 Å². The smallest absolute Gasteiger partial charge is 0.190 e. The van der Waals surface area contributed by atoms with Crippen molar-refractivity contribution in [1.29, 1.82) is 0 Å². The second kappa shape index (κ2) is 10.3. The molecule has 0 saturated carbocycles. The number of hydrogen-bond donors (Lipinski definition) is 2. The number of rotatable bonds is 9. The SMILES string of the molecule is CCCCCNC(=NC)NCCCCn1cnnc1. The van der Waals surface area contributed by atoms with Crippen molar-refractivity contribution in [2.24, 2.45) is 4.99 Å². The number of nitrogens with one attached hydrogen (secondary N) is 2. The Morgan fingerprint density at radius 3 is 2.26 bits per heavy atom. The van der Waals surface area contributed by atoms with Gasteiger partial charge >= 0.3 is 0 Å². The molecule has 0 unspecified atom stereocenters. The van der Waals surface area contributed by atoms with Crippen LogP contribution in [0.4, 0.5) is 0 Å². The molecule has 1 rings (SSSR count). The van der Waals surface area contributed by atoms with E-state index in [9.17, 15) is 0 Å². The quantitative estimate of drug-likeness (QED) is 0.403. The Morgan fingerprint density at radius 1 is 1.05 bits per heavy atom. The lowest BCUT2D eigenvalue weighted by Crippen LogP contribution is -2.38. The van der Waals surface area contributed by atoms with E-state index in [0.717, 1.165) is 38.4 Å². The second-order valence-corrected chi connectivity index (χ2v) is 4.54. The molecule has 0 atom stereocenters. The first kappa shape index (κ1) is 15.5. The minimum atomic E-state index is 0.903. The summed E-state index contributed by atoms with van der Waals surface area (Å²) in [6, 6.07) is 0. The highest BCUT2D eigenvalue weighted by molar-refractivity contribution is 5.79. The fraction of sp³-hybridized carbons (Fsp3) is 0.769. The van der Waals surface area contributed by atoms with Gasteiger partial charge < -0.3 is 15.2 Å². The number of guanidine groups is 1. The molecule has 0 aliphatic carbocycles. The Kier molecular flexibility index (Phi) is 8.42. The Bertz CT molecular complexity index is 333. The van der Waals surface area contributed by atoms with Crippen molar-refractivity contribution in [3.63, 3.8) is 0 Å². The van der Waals surface area contributed by atoms with Gasteiger partial charge in [-0.3, -0.25) is 4.99 Å². The van der Waals surface area contributed by atoms with Crippen molar-refractivity contribution < 1.29 is 0 Å². The third-order valence-corrected chi connectivity index (χ3v) is 2.90. The highest BCUT2D eigenvalue weighted by atomic mass is 15.2. The second-order valence-electron chi connectivity index (χ2n) is 4.54. The molecule has 0 amide bonds. The standard InChI is InChI=1S/C13H26N6/c1-3-4-5-8-15-13(14-2)16-9-6-7-10-19-11-17-18-12-19/h11-12H,3-10H2,1-2H3,(H2,14,15,16). The topological polar surface area (TPSA) is 67.1 Å². The molecular weight excluding hydrogens is 240 g/mol. The molecule has 6 nitrogen and oxygen atoms in total. The lowest BCUT2D eigenvalue weighted by atomic mass is 10.2. The summed E-state index contributed by atoms with van der Waals surface area (Å²) in [5.41, 5.74) is 0. The first-order valence-electron chi connectivity index (χ1n) is 7.13. The first-order valence-corrected chi connectivity index (χ1v) is 7.13. The minimum Gasteiger partial charge on any atom is -0.356 e. The van der Waals surface area contributed by atoms with Gasteiger partial charge in [-0.15, -0.1) is 10.2 Å². The molecule has 0 aliphatic rings. The van der Waals surface area contributed by atoms with E-state index in [1.54, 1.807) is 12.7 Å². The van der Waals surface area contributed by atoms with E-state index in [4.69, 9.17) is 0 Å². The molecule has 6 heteroatoms. The molecule has 1 heterocycles. The van der Waals surface area contributed by atoms with Gasteiger partial charge in [-0.05, 0) is 19.3 Å². The largest absolute Gasteiger partial charge is 0.356 e. The maximum absolute atomic E-state index is 4.20. The van der Waals surface area contributed by atoms with Gasteiger partial charge in [0.2, 0.25) is 0 Å². The number of hydrogen-bond acceptors (Lipinski definition) is 3. The minimum absolute atomic E-state index is 0.903. The zero-order chi connectivity index (χ0) is 13.8. The van der Waals surface area contributed by atoms with Crippen LogP contribution in [-0.2, 0) is 6.54 Å². The molecule has 0 aliphatic heterocycles. The van der Waals surface area contributed by atoms with Gasteiger partial charge in [-0.25, -0.2) is 0 Å². The van der Waals surface area contributed by atoms with E-state index in [0.29, 0.717) is 0 Å². The van der Waals surface area contributed by atoms with Crippen LogP contribution in [0.1, 0.15) is 39.0 Å². The molecule has 0 saturated heterocycles. The van der Waals surface area contributed by atoms with Gasteiger partial charge in [0.1, 0.15) is 12.7 Å². The van der Waals surface area contributed by atoms with Crippen molar-refractivity contribution >= 4 is 5.96 Å². The van der Waals surface area contributed by atoms with E-state index in [1.165, 1.54) is 19.3 Å². The lowest BCUT2D eigenvalue weighted by Gasteiger charge is -2.11. The molecule has 1 aromatic heterocycles. The number of aryl methyl sites for hydroxylation is 1. The molecule has 0 fully saturated rings. The maximum atomic E-state index is 4.20. The van der Waals surface area contributed by atoms with Gasteiger partial charge in [-0.1, -0.05) is 19.8 Å². The first-order chi connectivity index (χ1) is 9.36. The molecule has 0 spiro atoms. The summed E-state index contributed by atoms with van der Waals surface area (Å²) in [7, 11) is 1.81. The monoisotopic (exact) mass is 266 g/mol. The average Bonchev–Trinajstić information content (AvgIpc) is 2.94. The zero-order valence-electron chi connectivity index (χ0n) is 12.1. The molecule has 108 valence electrons. The van der Waals surface area contributed by atoms with Crippen LogP contribution in [0.2, 0.25) is 0 Å². The summed E-state index contributed by atoms with van der Waals surface area (Å²) in [5, 5.41) is 14.2. The predicted octanol–water partition coefficient (Wildman–Crippen LogP) is 1.41. The zero-order valence-corrected chi connectivity index (χ0v) is 12.1. The molecule has 0 aromatic carbocycles. The van der Waals surface area contributed by atoms with E-state index in [-0.39, 0.29) is 0 Å². The Balaban J connectivity index is 2.00. The third-order valence-electron chi connectivity index (χ3n) is 2.90. The molecule has 19 heavy (non-hydrogen) atoms. The summed E-state index contributed by atoms with van der Waals surface area (Å²) in [6.07, 6.45) is 9.43. The van der Waals surface area contributed by atoms with Crippen molar-refractivity contribution in [2.45, 2.75) is 45.6 Å². The van der Waals surface area contributed by atoms with Crippen molar-refractivity contribution in [2.75, 3.05) is 20.1 Å². The van der Waals surface area contributed by atoms with Gasteiger partial charge in [0.05, 0.1) is 0 Å². The van der Waals surface area contributed by atoms with Crippen LogP contribution in [-0.4, -0.2) is 40.9 Å². The summed E-state index contributed by atoms with van der Waals surface area (Å²) in [5.74, 6) is 0.903. The van der Waals surface area contributed by atoms with E-state index < -0.39 is 0 Å². The van der Waals surface area contributed by atoms with E-state index in [2.05, 4.69) is 32.7 Å². The van der Waals surface area contributed by atoms with Crippen molar-refractivity contribution in [1.82, 2.24) is 25.4 Å². The van der Waals surface area contributed by atoms with E-state index >= 15 is 0 Å². The number of nitrogens with zero attached hydrogens (tertiary/aromatic N) is 4. The summed E-state index contributed by atoms with van der Waals surface area (Å²) in [6.45, 7) is 5.11. The molecule has 1 aromatic rings. The third kappa shape index (κ3) is 7.43. The van der Waals surface area contributed by atoms with Gasteiger partial charge in [0, 0.05) is 26.7 Å². The molecular formula is C13H26N6. The van der Waals surface area contributed by atoms with Gasteiger partial charge in [-0.2, -0.15) is 0 Å². The Morgan fingerprint density at radius 2 is 1.68 bits per heavy atom. The van der Waals surface area contributed by atoms with Crippen molar-refractivity contribution in [3.05, 3.63) is 12.7 Å². The Labute approximate surface area is 115 Å². The van der Waals surface area contributed by atoms with Crippen LogP contribution in [0.5, 0.6) is 0 Å². The van der Waals surface area contributed by atoms with Gasteiger partial charge in [0.25, 0.3) is 0 Å². The van der Waals surface area contributed by atoms with Crippen LogP contribution in [0.15, 0.2) is 17.6 Å². The van der Waals surface area contributed by atoms with Crippen LogP contribution in [0, 0.1) is 0 Å². The number of aliphatic imine (C=N–C) groups is 1. The Hall–Kier alpha value is -1.59. The molecule has 0 bridgehead atoms. The van der Waals surface area contributed by atoms with E-state index in [1.807, 2.05) is 11.6 Å². The fourth-order valence-electron chi connectivity index (χ4n) is 1.77. The van der Waals surface area contributed by atoms with Crippen molar-refractivity contribution in [3.8, 4) is 0 Å². The summed E-state index contributed by atoms with van der Waals surface area (Å²) >= 11 is 0. The summed E-state index contributed by atoms with van der Waals surface area (Å²) < 4.78 is 2.00. The molecule has 2 N–H and O–H groups in total. The average molecular weight is 266 g/mol. The van der Waals surface area contributed by atoms with Crippen LogP contribution in [0.3, 0.4) is 0 Å². The maximum Gasteiger partial charge on any atom is 0.190 e. The van der Waals surface area contributed by atoms with Crippen LogP contribution in [0.25, 0.3) is 0 Å². The van der Waals surface area contributed by atoms with Crippen LogP contribution < -0.4 is 10.6 Å². The highest BCUT2D eigenvalue weighted by Gasteiger charge is 1.96. The number of aromatic nitrogens is 3. The fourth-order valence-corrected chi connectivity index (χ4v) is 1.77. The predicted molar refractivity (Wildman–Crippen MR) is 78.1 cm³/mol. The highest BCUT2D eigenvalue weighted by Crippen LogP contribution is 1.93. The van der Waals surface area contributed by atoms with Crippen LogP contribution >= 0.6 is 0 Å². The lowest BCUT2D eigenvalue weighted by molar-refractivity contribution is 0.596. The summed E-state index contributed by atoms with van der Waals surface area (Å²) in [4.78, 5) is 4.20.